The smallest absolute Gasteiger partial charge is 0.341 e. The van der Waals surface area contributed by atoms with Crippen molar-refractivity contribution in [3.05, 3.63) is 81.7 Å². The third-order valence-corrected chi connectivity index (χ3v) is 4.83. The maximum absolute atomic E-state index is 14.2. The summed E-state index contributed by atoms with van der Waals surface area (Å²) in [4.78, 5) is 31.4. The second-order valence-electron chi connectivity index (χ2n) is 6.94. The summed E-state index contributed by atoms with van der Waals surface area (Å²) >= 11 is 0. The molecule has 6 nitrogen and oxygen atoms in total. The van der Waals surface area contributed by atoms with Gasteiger partial charge in [0.15, 0.2) is 0 Å². The van der Waals surface area contributed by atoms with Crippen LogP contribution in [-0.4, -0.2) is 22.5 Å². The molecule has 0 radical (unpaired) electrons. The number of ether oxygens (including phenoxy) is 1. The minimum Gasteiger partial charge on any atom is -0.462 e. The fraction of sp³-hybridized carbons (Fsp3) is 0.174. The number of benzene rings is 3. The second kappa shape index (κ2) is 7.94. The molecular weight excluding hydrogens is 385 g/mol. The van der Waals surface area contributed by atoms with Crippen LogP contribution < -0.4 is 10.9 Å². The van der Waals surface area contributed by atoms with Gasteiger partial charge in [-0.25, -0.2) is 14.2 Å². The molecule has 3 aromatic carbocycles. The zero-order chi connectivity index (χ0) is 21.3. The number of rotatable bonds is 5. The fourth-order valence-electron chi connectivity index (χ4n) is 3.44. The molecule has 0 aliphatic rings. The number of aryl methyl sites for hydroxylation is 1. The number of halogens is 1. The minimum absolute atomic E-state index is 0.0957. The van der Waals surface area contributed by atoms with E-state index in [-0.39, 0.29) is 17.7 Å². The van der Waals surface area contributed by atoms with Crippen LogP contribution in [0.1, 0.15) is 28.7 Å². The van der Waals surface area contributed by atoms with Crippen LogP contribution in [0.4, 0.5) is 10.1 Å². The number of nitrogens with zero attached hydrogens (tertiary/aromatic N) is 1. The summed E-state index contributed by atoms with van der Waals surface area (Å²) in [6.45, 7) is 4.02. The highest BCUT2D eigenvalue weighted by molar-refractivity contribution is 6.05. The minimum atomic E-state index is -0.683. The average molecular weight is 405 g/mol. The van der Waals surface area contributed by atoms with E-state index in [1.165, 1.54) is 12.1 Å². The van der Waals surface area contributed by atoms with Gasteiger partial charge in [-0.3, -0.25) is 4.79 Å². The Kier molecular flexibility index (Phi) is 5.18. The summed E-state index contributed by atoms with van der Waals surface area (Å²) in [7, 11) is 0. The number of esters is 1. The number of hydrogen-bond acceptors (Lipinski definition) is 5. The quantitative estimate of drug-likeness (QED) is 0.382. The van der Waals surface area contributed by atoms with Gasteiger partial charge in [0.2, 0.25) is 0 Å². The summed E-state index contributed by atoms with van der Waals surface area (Å²) < 4.78 is 19.1. The standard InChI is InChI=1S/C23H20FN3O3/c1-3-30-23(29)17-8-7-16(11-19(17)24)25-12-14-4-5-15-6-9-20-21(18(15)10-14)22(28)27-13(2)26-20/h4-11,25H,3,12H2,1-2H3,(H,26,27,28). The number of nitrogens with one attached hydrogen (secondary N) is 2. The zero-order valence-corrected chi connectivity index (χ0v) is 16.6. The maximum Gasteiger partial charge on any atom is 0.341 e. The van der Waals surface area contributed by atoms with Crippen molar-refractivity contribution in [3.63, 3.8) is 0 Å². The molecule has 0 atom stereocenters. The van der Waals surface area contributed by atoms with Gasteiger partial charge in [0, 0.05) is 12.2 Å². The van der Waals surface area contributed by atoms with E-state index in [0.29, 0.717) is 29.0 Å². The molecule has 0 aliphatic carbocycles. The molecule has 0 bridgehead atoms. The molecular formula is C23H20FN3O3. The lowest BCUT2D eigenvalue weighted by molar-refractivity contribution is 0.0521. The van der Waals surface area contributed by atoms with Crippen LogP contribution >= 0.6 is 0 Å². The van der Waals surface area contributed by atoms with E-state index in [1.807, 2.05) is 30.3 Å². The van der Waals surface area contributed by atoms with Crippen molar-refractivity contribution in [2.75, 3.05) is 11.9 Å². The lowest BCUT2D eigenvalue weighted by Gasteiger charge is -2.10. The molecule has 0 saturated carbocycles. The number of H-pyrrole nitrogens is 1. The van der Waals surface area contributed by atoms with Gasteiger partial charge in [-0.05, 0) is 60.5 Å². The summed E-state index contributed by atoms with van der Waals surface area (Å²) in [5.74, 6) is -0.758. The lowest BCUT2D eigenvalue weighted by Crippen LogP contribution is -2.10. The van der Waals surface area contributed by atoms with Gasteiger partial charge in [-0.1, -0.05) is 18.2 Å². The maximum atomic E-state index is 14.2. The van der Waals surface area contributed by atoms with E-state index in [4.69, 9.17) is 4.74 Å². The normalized spacial score (nSPS) is 11.0. The van der Waals surface area contributed by atoms with E-state index in [9.17, 15) is 14.0 Å². The Labute approximate surface area is 171 Å². The number of anilines is 1. The van der Waals surface area contributed by atoms with Gasteiger partial charge in [0.05, 0.1) is 23.1 Å². The molecule has 2 N–H and O–H groups in total. The van der Waals surface area contributed by atoms with Crippen LogP contribution in [0.25, 0.3) is 21.7 Å². The first-order valence-electron chi connectivity index (χ1n) is 9.59. The number of hydrogen-bond donors (Lipinski definition) is 2. The Morgan fingerprint density at radius 2 is 1.97 bits per heavy atom. The SMILES string of the molecule is CCOC(=O)c1ccc(NCc2ccc3ccc4nc(C)[nH]c(=O)c4c3c2)cc1F. The predicted molar refractivity (Wildman–Crippen MR) is 114 cm³/mol. The second-order valence-corrected chi connectivity index (χ2v) is 6.94. The molecule has 0 fully saturated rings. The van der Waals surface area contributed by atoms with Gasteiger partial charge in [0.25, 0.3) is 5.56 Å². The molecule has 4 aromatic rings. The van der Waals surface area contributed by atoms with E-state index in [2.05, 4.69) is 15.3 Å². The number of aromatic amines is 1. The van der Waals surface area contributed by atoms with Crippen molar-refractivity contribution in [1.82, 2.24) is 9.97 Å². The first-order valence-corrected chi connectivity index (χ1v) is 9.59. The van der Waals surface area contributed by atoms with Crippen LogP contribution in [0.2, 0.25) is 0 Å². The number of carbonyl (C=O) groups excluding carboxylic acids is 1. The molecule has 0 unspecified atom stereocenters. The van der Waals surface area contributed by atoms with Crippen molar-refractivity contribution in [2.24, 2.45) is 0 Å². The van der Waals surface area contributed by atoms with Crippen molar-refractivity contribution in [3.8, 4) is 0 Å². The molecule has 7 heteroatoms. The average Bonchev–Trinajstić information content (AvgIpc) is 2.71. The zero-order valence-electron chi connectivity index (χ0n) is 16.6. The van der Waals surface area contributed by atoms with Crippen LogP contribution in [0.5, 0.6) is 0 Å². The van der Waals surface area contributed by atoms with E-state index >= 15 is 0 Å². The highest BCUT2D eigenvalue weighted by Crippen LogP contribution is 2.24. The molecule has 1 aromatic heterocycles. The number of fused-ring (bicyclic) bond motifs is 3. The molecule has 30 heavy (non-hydrogen) atoms. The molecule has 0 amide bonds. The van der Waals surface area contributed by atoms with Crippen LogP contribution in [0, 0.1) is 12.7 Å². The Hall–Kier alpha value is -3.74. The monoisotopic (exact) mass is 405 g/mol. The highest BCUT2D eigenvalue weighted by atomic mass is 19.1. The van der Waals surface area contributed by atoms with Crippen molar-refractivity contribution < 1.29 is 13.9 Å². The highest BCUT2D eigenvalue weighted by Gasteiger charge is 2.13. The van der Waals surface area contributed by atoms with Crippen molar-refractivity contribution >= 4 is 33.3 Å². The molecule has 0 spiro atoms. The third kappa shape index (κ3) is 3.74. The molecule has 0 saturated heterocycles. The summed E-state index contributed by atoms with van der Waals surface area (Å²) in [6.07, 6.45) is 0. The van der Waals surface area contributed by atoms with E-state index < -0.39 is 11.8 Å². The molecule has 4 rings (SSSR count). The lowest BCUT2D eigenvalue weighted by atomic mass is 10.0. The molecule has 152 valence electrons. The first kappa shape index (κ1) is 19.6. The van der Waals surface area contributed by atoms with Crippen molar-refractivity contribution in [2.45, 2.75) is 20.4 Å². The largest absolute Gasteiger partial charge is 0.462 e. The Morgan fingerprint density at radius 3 is 2.73 bits per heavy atom. The summed E-state index contributed by atoms with van der Waals surface area (Å²) in [5.41, 5.74) is 1.83. The van der Waals surface area contributed by atoms with Gasteiger partial charge in [-0.15, -0.1) is 0 Å². The molecule has 0 aliphatic heterocycles. The van der Waals surface area contributed by atoms with Crippen molar-refractivity contribution in [1.29, 1.82) is 0 Å². The topological polar surface area (TPSA) is 84.1 Å². The van der Waals surface area contributed by atoms with Gasteiger partial charge >= 0.3 is 5.97 Å². The van der Waals surface area contributed by atoms with Crippen LogP contribution in [0.3, 0.4) is 0 Å². The Bertz CT molecular complexity index is 1330. The van der Waals surface area contributed by atoms with E-state index in [1.54, 1.807) is 19.9 Å². The summed E-state index contributed by atoms with van der Waals surface area (Å²) in [6, 6.07) is 13.9. The van der Waals surface area contributed by atoms with Gasteiger partial charge in [0.1, 0.15) is 11.6 Å². The molecule has 1 heterocycles. The van der Waals surface area contributed by atoms with Crippen LogP contribution in [-0.2, 0) is 11.3 Å². The fourth-order valence-corrected chi connectivity index (χ4v) is 3.44. The van der Waals surface area contributed by atoms with Gasteiger partial charge in [-0.2, -0.15) is 0 Å². The van der Waals surface area contributed by atoms with E-state index in [0.717, 1.165) is 16.3 Å². The van der Waals surface area contributed by atoms with Crippen LogP contribution in [0.15, 0.2) is 53.3 Å². The Morgan fingerprint density at radius 1 is 1.17 bits per heavy atom. The number of carbonyl (C=O) groups is 1. The predicted octanol–water partition coefficient (Wildman–Crippen LogP) is 4.31. The van der Waals surface area contributed by atoms with Gasteiger partial charge < -0.3 is 15.0 Å². The number of aromatic nitrogens is 2. The Balaban J connectivity index is 1.62. The first-order chi connectivity index (χ1) is 14.5. The summed E-state index contributed by atoms with van der Waals surface area (Å²) in [5, 5.41) is 5.44. The third-order valence-electron chi connectivity index (χ3n) is 4.83.